The molecular formula is C34H34BrCl2N3O5. The van der Waals surface area contributed by atoms with Gasteiger partial charge in [0.15, 0.2) is 0 Å². The zero-order valence-electron chi connectivity index (χ0n) is 24.7. The van der Waals surface area contributed by atoms with Gasteiger partial charge in [-0.15, -0.1) is 0 Å². The number of hydrogen-bond acceptors (Lipinski definition) is 8. The van der Waals surface area contributed by atoms with Gasteiger partial charge in [-0.05, 0) is 48.2 Å². The third-order valence-electron chi connectivity index (χ3n) is 6.96. The third kappa shape index (κ3) is 9.57. The average molecular weight is 715 g/mol. The minimum Gasteiger partial charge on any atom is -0.492 e. The number of nitrogens with one attached hydrogen (secondary N) is 1. The number of halogens is 3. The lowest BCUT2D eigenvalue weighted by Gasteiger charge is -2.18. The molecule has 11 heteroatoms. The lowest BCUT2D eigenvalue weighted by atomic mass is 9.96. The van der Waals surface area contributed by atoms with Crippen molar-refractivity contribution in [2.24, 2.45) is 0 Å². The summed E-state index contributed by atoms with van der Waals surface area (Å²) in [4.78, 5) is 4.10. The molecule has 0 aliphatic heterocycles. The normalized spacial score (nSPS) is 11.6. The van der Waals surface area contributed by atoms with Gasteiger partial charge in [0, 0.05) is 53.6 Å². The molecule has 0 aliphatic rings. The number of hydrogen-bond donors (Lipinski definition) is 3. The van der Waals surface area contributed by atoms with Crippen molar-refractivity contribution in [3.63, 3.8) is 0 Å². The van der Waals surface area contributed by atoms with E-state index in [2.05, 4.69) is 32.3 Å². The molecule has 1 atom stereocenters. The summed E-state index contributed by atoms with van der Waals surface area (Å²) in [5.41, 5.74) is 5.70. The number of aromatic nitrogens is 1. The van der Waals surface area contributed by atoms with E-state index in [0.29, 0.717) is 46.0 Å². The predicted octanol–water partition coefficient (Wildman–Crippen LogP) is 7.00. The summed E-state index contributed by atoms with van der Waals surface area (Å²) < 4.78 is 18.3. The maximum Gasteiger partial charge on any atom is 0.142 e. The van der Waals surface area contributed by atoms with Crippen LogP contribution in [0.2, 0.25) is 10.0 Å². The maximum absolute atomic E-state index is 9.73. The summed E-state index contributed by atoms with van der Waals surface area (Å²) in [6, 6.07) is 19.0. The van der Waals surface area contributed by atoms with E-state index in [-0.39, 0.29) is 26.4 Å². The summed E-state index contributed by atoms with van der Waals surface area (Å²) >= 11 is 16.9. The van der Waals surface area contributed by atoms with Crippen molar-refractivity contribution in [2.45, 2.75) is 39.2 Å². The second-order valence-corrected chi connectivity index (χ2v) is 11.8. The van der Waals surface area contributed by atoms with Gasteiger partial charge in [0.05, 0.1) is 34.9 Å². The second kappa shape index (κ2) is 17.4. The number of pyridine rings is 1. The van der Waals surface area contributed by atoms with E-state index in [1.807, 2.05) is 43.3 Å². The van der Waals surface area contributed by atoms with E-state index < -0.39 is 6.10 Å². The quantitative estimate of drug-likeness (QED) is 0.0840. The van der Waals surface area contributed by atoms with Crippen LogP contribution in [0.1, 0.15) is 34.2 Å². The molecule has 1 aromatic heterocycles. The van der Waals surface area contributed by atoms with Gasteiger partial charge in [0.2, 0.25) is 0 Å². The van der Waals surface area contributed by atoms with Gasteiger partial charge in [0.1, 0.15) is 36.5 Å². The Balaban J connectivity index is 1.55. The number of aliphatic hydroxyl groups excluding tert-OH is 2. The van der Waals surface area contributed by atoms with Gasteiger partial charge in [-0.25, -0.2) is 0 Å². The molecule has 1 heterocycles. The molecule has 0 unspecified atom stereocenters. The van der Waals surface area contributed by atoms with Crippen molar-refractivity contribution >= 4 is 39.1 Å². The smallest absolute Gasteiger partial charge is 0.142 e. The van der Waals surface area contributed by atoms with Crippen LogP contribution in [0.15, 0.2) is 67.0 Å². The Labute approximate surface area is 281 Å². The molecule has 0 aliphatic carbocycles. The molecule has 8 nitrogen and oxygen atoms in total. The van der Waals surface area contributed by atoms with Gasteiger partial charge >= 0.3 is 0 Å². The first-order valence-electron chi connectivity index (χ1n) is 14.3. The van der Waals surface area contributed by atoms with Crippen LogP contribution in [0.3, 0.4) is 0 Å². The Morgan fingerprint density at radius 3 is 2.51 bits per heavy atom. The molecule has 0 amide bonds. The molecule has 0 bridgehead atoms. The summed E-state index contributed by atoms with van der Waals surface area (Å²) in [6.07, 6.45) is 3.10. The van der Waals surface area contributed by atoms with Crippen LogP contribution in [0.5, 0.6) is 17.2 Å². The molecule has 0 saturated heterocycles. The van der Waals surface area contributed by atoms with Crippen LogP contribution in [-0.4, -0.2) is 46.4 Å². The average Bonchev–Trinajstić information content (AvgIpc) is 3.05. The van der Waals surface area contributed by atoms with Crippen molar-refractivity contribution in [1.82, 2.24) is 10.3 Å². The van der Waals surface area contributed by atoms with Crippen LogP contribution < -0.4 is 19.5 Å². The zero-order valence-corrected chi connectivity index (χ0v) is 27.8. The summed E-state index contributed by atoms with van der Waals surface area (Å²) in [6.45, 7) is 3.15. The highest BCUT2D eigenvalue weighted by atomic mass is 79.9. The number of nitrogens with zero attached hydrogens (tertiary/aromatic N) is 2. The topological polar surface area (TPSA) is 117 Å². The van der Waals surface area contributed by atoms with E-state index in [1.165, 1.54) is 6.20 Å². The minimum atomic E-state index is -0.893. The van der Waals surface area contributed by atoms with Crippen molar-refractivity contribution < 1.29 is 24.4 Å². The molecule has 3 aromatic carbocycles. The number of nitriles is 1. The lowest BCUT2D eigenvalue weighted by Crippen LogP contribution is -2.29. The number of ether oxygens (including phenoxy) is 3. The monoisotopic (exact) mass is 713 g/mol. The van der Waals surface area contributed by atoms with Crippen LogP contribution in [0, 0.1) is 18.3 Å². The Bertz CT molecular complexity index is 1630. The zero-order chi connectivity index (χ0) is 32.2. The van der Waals surface area contributed by atoms with Gasteiger partial charge in [0.25, 0.3) is 0 Å². The Kier molecular flexibility index (Phi) is 13.3. The minimum absolute atomic E-state index is 0.163. The van der Waals surface area contributed by atoms with Crippen molar-refractivity contribution in [3.8, 4) is 34.4 Å². The third-order valence-corrected chi connectivity index (χ3v) is 8.20. The molecule has 0 saturated carbocycles. The standard InChI is InChI=1S/C34H34BrCl2N3O5/c1-22-25(5-2-6-28(22)29-7-3-8-31(34(29)37)43-10-4-9-35)21-45-33-13-32(44-20-24-11-23(14-38)15-39-16-24)26(12-30(33)36)17-40-18-27(42)19-41/h2-3,5-8,11-13,15-16,27,40-42H,4,9-10,17-21H2,1H3/t27-/m0/s1. The highest BCUT2D eigenvalue weighted by molar-refractivity contribution is 9.09. The summed E-state index contributed by atoms with van der Waals surface area (Å²) in [7, 11) is 0. The molecule has 236 valence electrons. The first kappa shape index (κ1) is 34.5. The number of alkyl halides is 1. The highest BCUT2D eigenvalue weighted by Gasteiger charge is 2.16. The largest absolute Gasteiger partial charge is 0.492 e. The molecule has 4 aromatic rings. The Morgan fingerprint density at radius 1 is 0.956 bits per heavy atom. The first-order valence-corrected chi connectivity index (χ1v) is 16.2. The molecule has 3 N–H and O–H groups in total. The van der Waals surface area contributed by atoms with E-state index >= 15 is 0 Å². The summed E-state index contributed by atoms with van der Waals surface area (Å²) in [5, 5.41) is 33.0. The highest BCUT2D eigenvalue weighted by Crippen LogP contribution is 2.38. The lowest BCUT2D eigenvalue weighted by molar-refractivity contribution is 0.0941. The van der Waals surface area contributed by atoms with Gasteiger partial charge in [-0.2, -0.15) is 5.26 Å². The van der Waals surface area contributed by atoms with Crippen LogP contribution in [0.25, 0.3) is 11.1 Å². The van der Waals surface area contributed by atoms with E-state index in [1.54, 1.807) is 24.4 Å². The van der Waals surface area contributed by atoms with Gasteiger partial charge in [-0.3, -0.25) is 4.98 Å². The van der Waals surface area contributed by atoms with Gasteiger partial charge < -0.3 is 29.7 Å². The number of benzene rings is 3. The van der Waals surface area contributed by atoms with Gasteiger partial charge in [-0.1, -0.05) is 69.5 Å². The molecular weight excluding hydrogens is 681 g/mol. The Hall–Kier alpha value is -3.36. The number of aliphatic hydroxyl groups is 2. The van der Waals surface area contributed by atoms with Crippen LogP contribution in [0.4, 0.5) is 0 Å². The van der Waals surface area contributed by atoms with Crippen molar-refractivity contribution in [1.29, 1.82) is 5.26 Å². The fourth-order valence-corrected chi connectivity index (χ4v) is 5.29. The molecule has 0 spiro atoms. The second-order valence-electron chi connectivity index (χ2n) is 10.2. The Morgan fingerprint density at radius 2 is 1.73 bits per heavy atom. The maximum atomic E-state index is 9.73. The fraction of sp³-hybridized carbons (Fsp3) is 0.294. The molecule has 4 rings (SSSR count). The SMILES string of the molecule is Cc1c(COc2cc(OCc3cncc(C#N)c3)c(CNC[C@H](O)CO)cc2Cl)cccc1-c1cccc(OCCCBr)c1Cl. The predicted molar refractivity (Wildman–Crippen MR) is 179 cm³/mol. The van der Waals surface area contributed by atoms with E-state index in [9.17, 15) is 10.4 Å². The molecule has 0 fully saturated rings. The molecule has 45 heavy (non-hydrogen) atoms. The van der Waals surface area contributed by atoms with E-state index in [4.69, 9.17) is 42.5 Å². The van der Waals surface area contributed by atoms with Crippen molar-refractivity contribution in [2.75, 3.05) is 25.1 Å². The van der Waals surface area contributed by atoms with E-state index in [0.717, 1.165) is 45.1 Å². The van der Waals surface area contributed by atoms with Crippen LogP contribution in [-0.2, 0) is 19.8 Å². The number of rotatable bonds is 16. The fourth-order valence-electron chi connectivity index (χ4n) is 4.54. The summed E-state index contributed by atoms with van der Waals surface area (Å²) in [5.74, 6) is 1.59. The van der Waals surface area contributed by atoms with Crippen LogP contribution >= 0.6 is 39.1 Å². The first-order chi connectivity index (χ1) is 21.8. The van der Waals surface area contributed by atoms with Crippen molar-refractivity contribution in [3.05, 3.63) is 105 Å². The molecule has 0 radical (unpaired) electrons.